The molecule has 0 aromatic carbocycles. The van der Waals surface area contributed by atoms with Crippen molar-refractivity contribution >= 4 is 0 Å². The summed E-state index contributed by atoms with van der Waals surface area (Å²) in [6, 6.07) is 0. The van der Waals surface area contributed by atoms with Crippen molar-refractivity contribution < 1.29 is 5.11 Å². The predicted molar refractivity (Wildman–Crippen MR) is 48.1 cm³/mol. The minimum atomic E-state index is -0.766. The van der Waals surface area contributed by atoms with Gasteiger partial charge in [0.2, 0.25) is 0 Å². The van der Waals surface area contributed by atoms with Crippen molar-refractivity contribution in [2.45, 2.75) is 6.10 Å². The van der Waals surface area contributed by atoms with E-state index in [9.17, 15) is 5.11 Å². The van der Waals surface area contributed by atoms with Crippen molar-refractivity contribution in [2.24, 2.45) is 0 Å². The van der Waals surface area contributed by atoms with Crippen molar-refractivity contribution in [3.05, 3.63) is 48.6 Å². The second kappa shape index (κ2) is 3.89. The maximum absolute atomic E-state index is 9.83. The van der Waals surface area contributed by atoms with Crippen LogP contribution < -0.4 is 0 Å². The normalized spacial score (nSPS) is 10.4. The smallest absolute Gasteiger partial charge is 0.115 e. The van der Waals surface area contributed by atoms with Gasteiger partial charge < -0.3 is 5.11 Å². The van der Waals surface area contributed by atoms with E-state index in [0.717, 1.165) is 0 Å². The van der Waals surface area contributed by atoms with E-state index in [0.29, 0.717) is 11.1 Å². The second-order valence-corrected chi connectivity index (χ2v) is 2.75. The van der Waals surface area contributed by atoms with Crippen molar-refractivity contribution in [3.63, 3.8) is 0 Å². The molecule has 0 bridgehead atoms. The van der Waals surface area contributed by atoms with E-state index in [2.05, 4.69) is 19.9 Å². The highest BCUT2D eigenvalue weighted by molar-refractivity contribution is 5.21. The Morgan fingerprint density at radius 1 is 0.786 bits per heavy atom. The van der Waals surface area contributed by atoms with E-state index < -0.39 is 6.10 Å². The molecule has 2 aromatic rings. The van der Waals surface area contributed by atoms with Crippen LogP contribution in [-0.2, 0) is 0 Å². The lowest BCUT2D eigenvalue weighted by atomic mass is 10.1. The summed E-state index contributed by atoms with van der Waals surface area (Å²) in [5.74, 6) is 0. The minimum Gasteiger partial charge on any atom is -0.383 e. The van der Waals surface area contributed by atoms with Gasteiger partial charge >= 0.3 is 0 Å². The first-order valence-electron chi connectivity index (χ1n) is 4.06. The van der Waals surface area contributed by atoms with Crippen LogP contribution in [0.2, 0.25) is 0 Å². The Hall–Kier alpha value is -1.88. The van der Waals surface area contributed by atoms with E-state index in [-0.39, 0.29) is 0 Å². The molecule has 0 aliphatic rings. The van der Waals surface area contributed by atoms with Crippen molar-refractivity contribution in [1.82, 2.24) is 19.9 Å². The van der Waals surface area contributed by atoms with Crippen molar-refractivity contribution in [1.29, 1.82) is 0 Å². The van der Waals surface area contributed by atoms with Gasteiger partial charge in [-0.1, -0.05) is 0 Å². The first-order valence-corrected chi connectivity index (χ1v) is 4.06. The van der Waals surface area contributed by atoms with Gasteiger partial charge in [-0.05, 0) is 0 Å². The minimum absolute atomic E-state index is 0.627. The van der Waals surface area contributed by atoms with Crippen molar-refractivity contribution in [2.75, 3.05) is 0 Å². The molecule has 0 saturated heterocycles. The van der Waals surface area contributed by atoms with E-state index in [1.807, 2.05) is 0 Å². The van der Waals surface area contributed by atoms with Gasteiger partial charge in [-0.2, -0.15) is 0 Å². The topological polar surface area (TPSA) is 71.8 Å². The average Bonchev–Trinajstić information content (AvgIpc) is 2.30. The van der Waals surface area contributed by atoms with Crippen LogP contribution in [0.1, 0.15) is 17.2 Å². The zero-order valence-corrected chi connectivity index (χ0v) is 7.28. The Balaban J connectivity index is 2.30. The molecule has 0 spiro atoms. The highest BCUT2D eigenvalue weighted by Gasteiger charge is 2.10. The number of hydrogen-bond donors (Lipinski definition) is 1. The first-order chi connectivity index (χ1) is 6.88. The lowest BCUT2D eigenvalue weighted by Gasteiger charge is -2.08. The maximum atomic E-state index is 9.83. The highest BCUT2D eigenvalue weighted by Crippen LogP contribution is 2.17. The van der Waals surface area contributed by atoms with Crippen LogP contribution in [-0.4, -0.2) is 25.0 Å². The molecular weight excluding hydrogens is 180 g/mol. The zero-order valence-electron chi connectivity index (χ0n) is 7.28. The molecule has 0 atom stereocenters. The number of rotatable bonds is 2. The number of aliphatic hydroxyl groups is 1. The van der Waals surface area contributed by atoms with Gasteiger partial charge in [0.25, 0.3) is 0 Å². The Bertz CT molecular complexity index is 353. The third-order valence-electron chi connectivity index (χ3n) is 1.79. The standard InChI is InChI=1S/C9H8N4O/c14-9(7-1-10-5-11-2-7)8-3-12-6-13-4-8/h1-6,9,14H. The van der Waals surface area contributed by atoms with E-state index in [1.54, 1.807) is 24.8 Å². The molecule has 0 aliphatic carbocycles. The molecule has 2 rings (SSSR count). The van der Waals surface area contributed by atoms with Gasteiger partial charge in [-0.25, -0.2) is 19.9 Å². The largest absolute Gasteiger partial charge is 0.383 e. The average molecular weight is 188 g/mol. The van der Waals surface area contributed by atoms with E-state index >= 15 is 0 Å². The Kier molecular flexibility index (Phi) is 2.42. The number of hydrogen-bond acceptors (Lipinski definition) is 5. The van der Waals surface area contributed by atoms with Gasteiger partial charge in [0.05, 0.1) is 0 Å². The number of nitrogens with zero attached hydrogens (tertiary/aromatic N) is 4. The Morgan fingerprint density at radius 2 is 1.14 bits per heavy atom. The third-order valence-corrected chi connectivity index (χ3v) is 1.79. The highest BCUT2D eigenvalue weighted by atomic mass is 16.3. The van der Waals surface area contributed by atoms with E-state index in [4.69, 9.17) is 0 Å². The molecule has 14 heavy (non-hydrogen) atoms. The van der Waals surface area contributed by atoms with Gasteiger partial charge in [-0.3, -0.25) is 0 Å². The quantitative estimate of drug-likeness (QED) is 0.736. The first kappa shape index (κ1) is 8.71. The molecule has 5 nitrogen and oxygen atoms in total. The molecule has 70 valence electrons. The monoisotopic (exact) mass is 188 g/mol. The lowest BCUT2D eigenvalue weighted by molar-refractivity contribution is 0.218. The summed E-state index contributed by atoms with van der Waals surface area (Å²) in [7, 11) is 0. The van der Waals surface area contributed by atoms with Gasteiger partial charge in [0.1, 0.15) is 18.8 Å². The van der Waals surface area contributed by atoms with Crippen LogP contribution in [0.3, 0.4) is 0 Å². The number of aromatic nitrogens is 4. The molecule has 0 radical (unpaired) electrons. The summed E-state index contributed by atoms with van der Waals surface area (Å²) in [5, 5.41) is 9.83. The fourth-order valence-corrected chi connectivity index (χ4v) is 1.10. The molecule has 0 fully saturated rings. The fraction of sp³-hybridized carbons (Fsp3) is 0.111. The summed E-state index contributed by atoms with van der Waals surface area (Å²) >= 11 is 0. The van der Waals surface area contributed by atoms with Crippen LogP contribution in [0, 0.1) is 0 Å². The van der Waals surface area contributed by atoms with Gasteiger partial charge in [0, 0.05) is 35.9 Å². The van der Waals surface area contributed by atoms with E-state index in [1.165, 1.54) is 12.7 Å². The van der Waals surface area contributed by atoms with Crippen LogP contribution in [0.5, 0.6) is 0 Å². The molecular formula is C9H8N4O. The van der Waals surface area contributed by atoms with Crippen LogP contribution in [0.15, 0.2) is 37.4 Å². The molecule has 0 saturated carbocycles. The molecule has 5 heteroatoms. The Labute approximate surface area is 80.5 Å². The summed E-state index contributed by atoms with van der Waals surface area (Å²) < 4.78 is 0. The molecule has 0 aliphatic heterocycles. The lowest BCUT2D eigenvalue weighted by Crippen LogP contribution is -2.01. The van der Waals surface area contributed by atoms with Crippen LogP contribution in [0.25, 0.3) is 0 Å². The summed E-state index contributed by atoms with van der Waals surface area (Å²) in [6.45, 7) is 0. The van der Waals surface area contributed by atoms with Gasteiger partial charge in [-0.15, -0.1) is 0 Å². The third kappa shape index (κ3) is 1.72. The molecule has 2 heterocycles. The van der Waals surface area contributed by atoms with Crippen LogP contribution in [0.4, 0.5) is 0 Å². The summed E-state index contributed by atoms with van der Waals surface area (Å²) in [6.07, 6.45) is 8.30. The summed E-state index contributed by atoms with van der Waals surface area (Å²) in [4.78, 5) is 15.3. The zero-order chi connectivity index (χ0) is 9.80. The van der Waals surface area contributed by atoms with Crippen LogP contribution >= 0.6 is 0 Å². The maximum Gasteiger partial charge on any atom is 0.115 e. The Morgan fingerprint density at radius 3 is 1.50 bits per heavy atom. The SMILES string of the molecule is OC(c1cncnc1)c1cncnc1. The van der Waals surface area contributed by atoms with Crippen molar-refractivity contribution in [3.8, 4) is 0 Å². The molecule has 0 amide bonds. The molecule has 0 unspecified atom stereocenters. The molecule has 2 aromatic heterocycles. The second-order valence-electron chi connectivity index (χ2n) is 2.75. The van der Waals surface area contributed by atoms with Gasteiger partial charge in [0.15, 0.2) is 0 Å². The fourth-order valence-electron chi connectivity index (χ4n) is 1.10. The predicted octanol–water partition coefficient (Wildman–Crippen LogP) is 0.348. The summed E-state index contributed by atoms with van der Waals surface area (Å²) in [5.41, 5.74) is 1.25. The molecule has 1 N–H and O–H groups in total. The number of aliphatic hydroxyl groups excluding tert-OH is 1.